The molecule has 0 aromatic rings. The first kappa shape index (κ1) is 31.7. The lowest BCUT2D eigenvalue weighted by atomic mass is 9.79. The number of ether oxygens (including phenoxy) is 3. The van der Waals surface area contributed by atoms with E-state index in [2.05, 4.69) is 60.4 Å². The third-order valence-corrected chi connectivity index (χ3v) is 12.2. The van der Waals surface area contributed by atoms with E-state index in [-0.39, 0.29) is 17.4 Å². The molecule has 3 atom stereocenters. The summed E-state index contributed by atoms with van der Waals surface area (Å²) in [6, 6.07) is 0. The first-order valence-corrected chi connectivity index (χ1v) is 20.0. The van der Waals surface area contributed by atoms with Crippen molar-refractivity contribution >= 4 is 16.6 Å². The Hall–Kier alpha value is -0.346. The normalized spacial score (nSPS) is 22.4. The Bertz CT molecular complexity index is 607. The molecule has 0 aromatic heterocycles. The van der Waals surface area contributed by atoms with Crippen molar-refractivity contribution in [1.82, 2.24) is 0 Å². The minimum atomic E-state index is -1.92. The molecule has 1 aliphatic carbocycles. The van der Waals surface area contributed by atoms with Crippen molar-refractivity contribution in [2.45, 2.75) is 137 Å². The van der Waals surface area contributed by atoms with Gasteiger partial charge in [0.25, 0.3) is 5.95 Å². The van der Waals surface area contributed by atoms with Crippen LogP contribution in [0, 0.1) is 5.92 Å². The lowest BCUT2D eigenvalue weighted by Gasteiger charge is -2.43. The van der Waals surface area contributed by atoms with Crippen LogP contribution in [-0.2, 0) is 23.1 Å². The molecule has 0 aliphatic heterocycles. The lowest BCUT2D eigenvalue weighted by Crippen LogP contribution is -2.46. The predicted octanol–water partition coefficient (Wildman–Crippen LogP) is 8.24. The molecular formula is C27H56O5Si2. The highest BCUT2D eigenvalue weighted by Gasteiger charge is 2.43. The molecule has 0 aromatic carbocycles. The van der Waals surface area contributed by atoms with E-state index in [1.165, 1.54) is 24.8 Å². The molecule has 0 saturated heterocycles. The van der Waals surface area contributed by atoms with Crippen LogP contribution in [0.25, 0.3) is 0 Å². The lowest BCUT2D eigenvalue weighted by molar-refractivity contribution is -0.127. The average molecular weight is 517 g/mol. The van der Waals surface area contributed by atoms with Gasteiger partial charge in [-0.2, -0.15) is 0 Å². The van der Waals surface area contributed by atoms with Crippen LogP contribution in [-0.4, -0.2) is 48.8 Å². The highest BCUT2D eigenvalue weighted by molar-refractivity contribution is 6.74. The molecule has 0 amide bonds. The summed E-state index contributed by atoms with van der Waals surface area (Å²) in [5, 5.41) is 0.176. The summed E-state index contributed by atoms with van der Waals surface area (Å²) < 4.78 is 31.0. The molecule has 34 heavy (non-hydrogen) atoms. The van der Waals surface area contributed by atoms with E-state index in [0.717, 1.165) is 38.2 Å². The summed E-state index contributed by atoms with van der Waals surface area (Å²) >= 11 is 0. The fourth-order valence-corrected chi connectivity index (χ4v) is 6.20. The van der Waals surface area contributed by atoms with Gasteiger partial charge in [0.2, 0.25) is 8.32 Å². The zero-order valence-corrected chi connectivity index (χ0v) is 26.3. The third kappa shape index (κ3) is 11.1. The maximum Gasteiger partial charge on any atom is 0.267 e. The van der Waals surface area contributed by atoms with Gasteiger partial charge in [0.05, 0.1) is 12.7 Å². The fourth-order valence-electron chi connectivity index (χ4n) is 4.16. The Morgan fingerprint density at radius 2 is 1.62 bits per heavy atom. The monoisotopic (exact) mass is 516 g/mol. The van der Waals surface area contributed by atoms with Crippen molar-refractivity contribution in [3.63, 3.8) is 0 Å². The van der Waals surface area contributed by atoms with Crippen LogP contribution >= 0.6 is 0 Å². The maximum atomic E-state index is 7.02. The van der Waals surface area contributed by atoms with Gasteiger partial charge in [-0.05, 0) is 96.6 Å². The molecule has 0 bridgehead atoms. The van der Waals surface area contributed by atoms with E-state index in [9.17, 15) is 0 Å². The van der Waals surface area contributed by atoms with Crippen molar-refractivity contribution in [3.8, 4) is 0 Å². The van der Waals surface area contributed by atoms with E-state index >= 15 is 0 Å². The number of unbranched alkanes of at least 4 members (excludes halogenated alkanes) is 2. The van der Waals surface area contributed by atoms with Gasteiger partial charge in [0.1, 0.15) is 0 Å². The highest BCUT2D eigenvalue weighted by atomic mass is 28.4. The molecule has 5 nitrogen and oxygen atoms in total. The zero-order chi connectivity index (χ0) is 26.0. The van der Waals surface area contributed by atoms with Gasteiger partial charge >= 0.3 is 0 Å². The van der Waals surface area contributed by atoms with Gasteiger partial charge in [0.15, 0.2) is 14.6 Å². The SMILES string of the molecule is CCO/C(O[Si](C)(C)C)=C1\[C@@H](CCCCCOC(C)OCC)CCC[C@@H]1O[Si](C)(C)C(C)(C)C. The van der Waals surface area contributed by atoms with E-state index < -0.39 is 16.6 Å². The van der Waals surface area contributed by atoms with Crippen LogP contribution in [0.5, 0.6) is 0 Å². The molecule has 1 rings (SSSR count). The van der Waals surface area contributed by atoms with E-state index in [1.54, 1.807) is 0 Å². The molecule has 1 unspecified atom stereocenters. The molecule has 0 heterocycles. The van der Waals surface area contributed by atoms with Gasteiger partial charge in [-0.1, -0.05) is 33.6 Å². The minimum absolute atomic E-state index is 0.105. The first-order valence-electron chi connectivity index (χ1n) is 13.7. The second-order valence-corrected chi connectivity index (χ2v) is 21.3. The average Bonchev–Trinajstić information content (AvgIpc) is 2.68. The summed E-state index contributed by atoms with van der Waals surface area (Å²) in [6.07, 6.45) is 8.01. The topological polar surface area (TPSA) is 46.2 Å². The smallest absolute Gasteiger partial charge is 0.267 e. The Morgan fingerprint density at radius 3 is 2.18 bits per heavy atom. The maximum absolute atomic E-state index is 7.02. The molecule has 0 spiro atoms. The quantitative estimate of drug-likeness (QED) is 0.0949. The van der Waals surface area contributed by atoms with Crippen LogP contribution in [0.4, 0.5) is 0 Å². The molecule has 7 heteroatoms. The molecule has 1 aliphatic rings. The van der Waals surface area contributed by atoms with Crippen LogP contribution in [0.15, 0.2) is 11.5 Å². The molecule has 1 fully saturated rings. The van der Waals surface area contributed by atoms with Crippen LogP contribution < -0.4 is 0 Å². The molecular weight excluding hydrogens is 460 g/mol. The highest BCUT2D eigenvalue weighted by Crippen LogP contribution is 2.43. The fraction of sp³-hybridized carbons (Fsp3) is 0.926. The van der Waals surface area contributed by atoms with Crippen molar-refractivity contribution in [2.24, 2.45) is 5.92 Å². The Labute approximate surface area is 213 Å². The summed E-state index contributed by atoms with van der Waals surface area (Å²) in [7, 11) is -3.74. The van der Waals surface area contributed by atoms with E-state index in [1.807, 2.05) is 13.8 Å². The Kier molecular flexibility index (Phi) is 13.4. The first-order chi connectivity index (χ1) is 15.7. The number of hydrogen-bond acceptors (Lipinski definition) is 5. The van der Waals surface area contributed by atoms with Crippen molar-refractivity contribution in [1.29, 1.82) is 0 Å². The number of rotatable bonds is 15. The van der Waals surface area contributed by atoms with Crippen molar-refractivity contribution in [2.75, 3.05) is 19.8 Å². The summed E-state index contributed by atoms with van der Waals surface area (Å²) in [5.41, 5.74) is 1.31. The van der Waals surface area contributed by atoms with Crippen molar-refractivity contribution in [3.05, 3.63) is 11.5 Å². The Morgan fingerprint density at radius 1 is 0.941 bits per heavy atom. The molecule has 0 N–H and O–H groups in total. The van der Waals surface area contributed by atoms with Crippen molar-refractivity contribution < 1.29 is 23.1 Å². The molecule has 0 radical (unpaired) electrons. The second-order valence-electron chi connectivity index (χ2n) is 12.1. The standard InChI is InChI=1S/C27H56O5Si2/c1-12-28-22(3)30-21-16-14-15-18-23-19-17-20-24(31-34(10,11)27(4,5)6)25(23)26(29-13-2)32-33(7,8)9/h22-24H,12-21H2,1-11H3/b26-25-/t22?,23-,24-/m0/s1. The summed E-state index contributed by atoms with van der Waals surface area (Å²) in [6.45, 7) is 26.5. The summed E-state index contributed by atoms with van der Waals surface area (Å²) in [5.74, 6) is 1.24. The minimum Gasteiger partial charge on any atom is -0.520 e. The van der Waals surface area contributed by atoms with E-state index in [0.29, 0.717) is 19.1 Å². The van der Waals surface area contributed by atoms with Gasteiger partial charge in [-0.25, -0.2) is 0 Å². The Balaban J connectivity index is 3.00. The summed E-state index contributed by atoms with van der Waals surface area (Å²) in [4.78, 5) is 0. The van der Waals surface area contributed by atoms with Gasteiger partial charge < -0.3 is 23.1 Å². The zero-order valence-electron chi connectivity index (χ0n) is 24.3. The van der Waals surface area contributed by atoms with Gasteiger partial charge in [0, 0.05) is 18.8 Å². The third-order valence-electron chi connectivity index (χ3n) is 6.91. The molecule has 202 valence electrons. The number of hydrogen-bond donors (Lipinski definition) is 0. The van der Waals surface area contributed by atoms with Gasteiger partial charge in [-0.15, -0.1) is 0 Å². The predicted molar refractivity (Wildman–Crippen MR) is 148 cm³/mol. The van der Waals surface area contributed by atoms with Crippen LogP contribution in [0.1, 0.15) is 86.5 Å². The second kappa shape index (κ2) is 14.4. The van der Waals surface area contributed by atoms with Gasteiger partial charge in [-0.3, -0.25) is 0 Å². The van der Waals surface area contributed by atoms with Crippen LogP contribution in [0.2, 0.25) is 37.8 Å². The van der Waals surface area contributed by atoms with E-state index in [4.69, 9.17) is 23.1 Å². The largest absolute Gasteiger partial charge is 0.520 e. The van der Waals surface area contributed by atoms with Crippen LogP contribution in [0.3, 0.4) is 0 Å². The molecule has 1 saturated carbocycles.